The summed E-state index contributed by atoms with van der Waals surface area (Å²) in [4.78, 5) is 41.6. The summed E-state index contributed by atoms with van der Waals surface area (Å²) >= 11 is 1.25. The Hall–Kier alpha value is -3.84. The number of unbranched alkanes of at least 4 members (excludes halogenated alkanes) is 1. The van der Waals surface area contributed by atoms with Crippen molar-refractivity contribution in [2.24, 2.45) is 0 Å². The Morgan fingerprint density at radius 1 is 0.919 bits per heavy atom. The van der Waals surface area contributed by atoms with E-state index in [-0.39, 0.29) is 11.8 Å². The number of hydrogen-bond donors (Lipinski definition) is 1. The molecule has 190 valence electrons. The van der Waals surface area contributed by atoms with E-state index in [9.17, 15) is 14.4 Å². The van der Waals surface area contributed by atoms with E-state index >= 15 is 0 Å². The summed E-state index contributed by atoms with van der Waals surface area (Å²) < 4.78 is 5.23. The first-order valence-corrected chi connectivity index (χ1v) is 13.2. The van der Waals surface area contributed by atoms with Crippen LogP contribution in [0.25, 0.3) is 0 Å². The first-order chi connectivity index (χ1) is 17.9. The van der Waals surface area contributed by atoms with E-state index in [2.05, 4.69) is 12.2 Å². The first-order valence-electron chi connectivity index (χ1n) is 12.4. The van der Waals surface area contributed by atoms with Crippen molar-refractivity contribution in [2.45, 2.75) is 51.0 Å². The van der Waals surface area contributed by atoms with Crippen LogP contribution in [0.5, 0.6) is 0 Å². The Bertz CT molecular complexity index is 1300. The Labute approximate surface area is 221 Å². The highest BCUT2D eigenvalue weighted by atomic mass is 32.2. The maximum absolute atomic E-state index is 13.6. The van der Waals surface area contributed by atoms with Crippen molar-refractivity contribution in [3.63, 3.8) is 0 Å². The fourth-order valence-electron chi connectivity index (χ4n) is 3.86. The normalized spacial score (nSPS) is 13.5. The van der Waals surface area contributed by atoms with E-state index < -0.39 is 17.8 Å². The third-order valence-corrected chi connectivity index (χ3v) is 6.84. The molecule has 1 aliphatic rings. The molecule has 0 unspecified atom stereocenters. The van der Waals surface area contributed by atoms with Crippen molar-refractivity contribution in [3.05, 3.63) is 101 Å². The molecule has 37 heavy (non-hydrogen) atoms. The SMILES string of the molecule is CCCCc1ccc(NC2=C(Sc3ccccc3)C(=O)N(c3ccc(C(=O)OC(C)C)cc3)C2=O)cc1. The van der Waals surface area contributed by atoms with Gasteiger partial charge < -0.3 is 10.1 Å². The molecular weight excluding hydrogens is 484 g/mol. The van der Waals surface area contributed by atoms with Crippen LogP contribution in [0.3, 0.4) is 0 Å². The van der Waals surface area contributed by atoms with Crippen LogP contribution >= 0.6 is 11.8 Å². The van der Waals surface area contributed by atoms with Crippen LogP contribution in [0, 0.1) is 0 Å². The molecule has 0 saturated heterocycles. The first kappa shape index (κ1) is 26.2. The summed E-state index contributed by atoms with van der Waals surface area (Å²) in [5, 5.41) is 3.20. The van der Waals surface area contributed by atoms with Gasteiger partial charge in [0.1, 0.15) is 10.6 Å². The van der Waals surface area contributed by atoms with Crippen molar-refractivity contribution in [2.75, 3.05) is 10.2 Å². The lowest BCUT2D eigenvalue weighted by Gasteiger charge is -2.16. The molecule has 0 bridgehead atoms. The number of carbonyl (C=O) groups is 3. The lowest BCUT2D eigenvalue weighted by Crippen LogP contribution is -2.32. The Morgan fingerprint density at radius 3 is 2.22 bits per heavy atom. The zero-order valence-electron chi connectivity index (χ0n) is 21.2. The summed E-state index contributed by atoms with van der Waals surface area (Å²) in [5.74, 6) is -1.32. The molecule has 0 aliphatic carbocycles. The molecule has 7 heteroatoms. The van der Waals surface area contributed by atoms with E-state index in [0.29, 0.717) is 16.2 Å². The molecule has 2 amide bonds. The molecule has 1 heterocycles. The van der Waals surface area contributed by atoms with E-state index in [0.717, 1.165) is 34.7 Å². The molecule has 1 aliphatic heterocycles. The molecule has 0 aromatic heterocycles. The number of ether oxygens (including phenoxy) is 1. The number of rotatable bonds is 10. The number of anilines is 2. The highest BCUT2D eigenvalue weighted by Gasteiger charge is 2.40. The smallest absolute Gasteiger partial charge is 0.338 e. The Morgan fingerprint density at radius 2 is 1.59 bits per heavy atom. The van der Waals surface area contributed by atoms with Gasteiger partial charge in [-0.3, -0.25) is 9.59 Å². The molecule has 3 aromatic rings. The van der Waals surface area contributed by atoms with Crippen molar-refractivity contribution >= 4 is 40.9 Å². The summed E-state index contributed by atoms with van der Waals surface area (Å²) in [5.41, 5.74) is 2.92. The minimum atomic E-state index is -0.455. The molecular formula is C30H30N2O4S. The van der Waals surface area contributed by atoms with Crippen molar-refractivity contribution < 1.29 is 19.1 Å². The Kier molecular flexibility index (Phi) is 8.46. The van der Waals surface area contributed by atoms with Gasteiger partial charge in [0.05, 0.1) is 17.4 Å². The topological polar surface area (TPSA) is 75.7 Å². The average Bonchev–Trinajstić information content (AvgIpc) is 3.12. The number of thioether (sulfide) groups is 1. The van der Waals surface area contributed by atoms with Crippen LogP contribution < -0.4 is 10.2 Å². The molecule has 0 radical (unpaired) electrons. The summed E-state index contributed by atoms with van der Waals surface area (Å²) in [6.45, 7) is 5.71. The second-order valence-electron chi connectivity index (χ2n) is 8.99. The van der Waals surface area contributed by atoms with Crippen LogP contribution in [0.1, 0.15) is 49.5 Å². The summed E-state index contributed by atoms with van der Waals surface area (Å²) in [6.07, 6.45) is 3.00. The van der Waals surface area contributed by atoms with Gasteiger partial charge in [-0.1, -0.05) is 55.4 Å². The largest absolute Gasteiger partial charge is 0.459 e. The van der Waals surface area contributed by atoms with Gasteiger partial charge in [0.2, 0.25) is 0 Å². The van der Waals surface area contributed by atoms with Crippen LogP contribution in [0.4, 0.5) is 11.4 Å². The van der Waals surface area contributed by atoms with Gasteiger partial charge in [0, 0.05) is 10.6 Å². The van der Waals surface area contributed by atoms with E-state index in [1.54, 1.807) is 38.1 Å². The quantitative estimate of drug-likeness (QED) is 0.243. The minimum absolute atomic E-state index is 0.225. The molecule has 3 aromatic carbocycles. The minimum Gasteiger partial charge on any atom is -0.459 e. The third-order valence-electron chi connectivity index (χ3n) is 5.75. The second-order valence-corrected chi connectivity index (χ2v) is 10.1. The van der Waals surface area contributed by atoms with Gasteiger partial charge in [-0.25, -0.2) is 9.69 Å². The van der Waals surface area contributed by atoms with Crippen LogP contribution in [-0.4, -0.2) is 23.9 Å². The molecule has 6 nitrogen and oxygen atoms in total. The molecule has 0 fully saturated rings. The lowest BCUT2D eigenvalue weighted by molar-refractivity contribution is -0.120. The van der Waals surface area contributed by atoms with Crippen LogP contribution in [0.15, 0.2) is 94.4 Å². The second kappa shape index (κ2) is 11.9. The average molecular weight is 515 g/mol. The highest BCUT2D eigenvalue weighted by Crippen LogP contribution is 2.38. The number of hydrogen-bond acceptors (Lipinski definition) is 6. The van der Waals surface area contributed by atoms with Gasteiger partial charge in [-0.15, -0.1) is 0 Å². The predicted octanol–water partition coefficient (Wildman–Crippen LogP) is 6.58. The number of amides is 2. The number of imide groups is 1. The van der Waals surface area contributed by atoms with E-state index in [1.165, 1.54) is 17.3 Å². The standard InChI is InChI=1S/C30H30N2O4S/c1-4-5-9-21-12-16-23(17-13-21)31-26-27(37-25-10-7-6-8-11-25)29(34)32(28(26)33)24-18-14-22(15-19-24)30(35)36-20(2)3/h6-8,10-20,31H,4-5,9H2,1-3H3. The number of carbonyl (C=O) groups excluding carboxylic acids is 3. The highest BCUT2D eigenvalue weighted by molar-refractivity contribution is 8.04. The van der Waals surface area contributed by atoms with Gasteiger partial charge in [0.25, 0.3) is 11.8 Å². The molecule has 0 atom stereocenters. The summed E-state index contributed by atoms with van der Waals surface area (Å²) in [6, 6.07) is 23.7. The fourth-order valence-corrected chi connectivity index (χ4v) is 4.81. The zero-order chi connectivity index (χ0) is 26.4. The maximum atomic E-state index is 13.6. The maximum Gasteiger partial charge on any atom is 0.338 e. The van der Waals surface area contributed by atoms with Gasteiger partial charge in [-0.05, 0) is 80.8 Å². The van der Waals surface area contributed by atoms with Crippen LogP contribution in [-0.2, 0) is 20.7 Å². The van der Waals surface area contributed by atoms with Crippen molar-refractivity contribution in [3.8, 4) is 0 Å². The lowest BCUT2D eigenvalue weighted by atomic mass is 10.1. The predicted molar refractivity (Wildman–Crippen MR) is 147 cm³/mol. The number of aryl methyl sites for hydroxylation is 1. The van der Waals surface area contributed by atoms with Crippen LogP contribution in [0.2, 0.25) is 0 Å². The van der Waals surface area contributed by atoms with Gasteiger partial charge >= 0.3 is 5.97 Å². The van der Waals surface area contributed by atoms with Crippen molar-refractivity contribution in [1.82, 2.24) is 0 Å². The Balaban J connectivity index is 1.62. The van der Waals surface area contributed by atoms with Crippen molar-refractivity contribution in [1.29, 1.82) is 0 Å². The fraction of sp³-hybridized carbons (Fsp3) is 0.233. The molecule has 1 N–H and O–H groups in total. The van der Waals surface area contributed by atoms with E-state index in [4.69, 9.17) is 4.74 Å². The number of nitrogens with zero attached hydrogens (tertiary/aromatic N) is 1. The monoisotopic (exact) mass is 514 g/mol. The molecule has 4 rings (SSSR count). The number of benzene rings is 3. The van der Waals surface area contributed by atoms with Gasteiger partial charge in [-0.2, -0.15) is 0 Å². The summed E-state index contributed by atoms with van der Waals surface area (Å²) in [7, 11) is 0. The molecule has 0 spiro atoms. The number of nitrogens with one attached hydrogen (secondary N) is 1. The zero-order valence-corrected chi connectivity index (χ0v) is 22.0. The third kappa shape index (κ3) is 6.30. The van der Waals surface area contributed by atoms with E-state index in [1.807, 2.05) is 54.6 Å². The number of esters is 1. The van der Waals surface area contributed by atoms with Gasteiger partial charge in [0.15, 0.2) is 0 Å². The molecule has 0 saturated carbocycles.